The molecular formula is C23H36N4O5S2. The highest BCUT2D eigenvalue weighted by atomic mass is 32.2. The Kier molecular flexibility index (Phi) is 6.44. The van der Waals surface area contributed by atoms with Gasteiger partial charge in [0.25, 0.3) is 0 Å². The van der Waals surface area contributed by atoms with E-state index in [9.17, 15) is 21.6 Å². The van der Waals surface area contributed by atoms with Gasteiger partial charge in [-0.1, -0.05) is 13.8 Å². The van der Waals surface area contributed by atoms with Crippen molar-refractivity contribution in [2.24, 2.45) is 16.6 Å². The zero-order valence-corrected chi connectivity index (χ0v) is 21.9. The first kappa shape index (κ1) is 25.2. The highest BCUT2D eigenvalue weighted by Gasteiger charge is 2.59. The Balaban J connectivity index is 1.43. The lowest BCUT2D eigenvalue weighted by molar-refractivity contribution is -0.130. The zero-order chi connectivity index (χ0) is 24.9. The molecule has 1 amide bonds. The molecule has 0 aliphatic carbocycles. The van der Waals surface area contributed by atoms with Crippen molar-refractivity contribution in [2.45, 2.75) is 26.0 Å². The van der Waals surface area contributed by atoms with E-state index in [0.29, 0.717) is 26.2 Å². The second-order valence-electron chi connectivity index (χ2n) is 10.6. The quantitative estimate of drug-likeness (QED) is 0.580. The number of carbonyl (C=O) groups is 1. The van der Waals surface area contributed by atoms with E-state index in [1.165, 1.54) is 6.92 Å². The molecule has 4 rings (SSSR count). The second-order valence-corrected chi connectivity index (χ2v) is 15.4. The molecule has 0 spiro atoms. The molecule has 2 N–H and O–H groups in total. The van der Waals surface area contributed by atoms with Gasteiger partial charge in [0.05, 0.1) is 17.3 Å². The molecule has 1 unspecified atom stereocenters. The van der Waals surface area contributed by atoms with Crippen LogP contribution in [0.5, 0.6) is 0 Å². The number of carbonyl (C=O) groups excluding carboxylic acids is 1. The molecule has 0 radical (unpaired) electrons. The number of nitrogens with two attached hydrogens (primary N) is 1. The van der Waals surface area contributed by atoms with Crippen molar-refractivity contribution in [2.75, 3.05) is 72.9 Å². The molecule has 3 fully saturated rings. The summed E-state index contributed by atoms with van der Waals surface area (Å²) in [7, 11) is -6.46. The molecule has 1 aromatic carbocycles. The molecule has 11 heteroatoms. The van der Waals surface area contributed by atoms with Crippen LogP contribution in [0.3, 0.4) is 0 Å². The average Bonchev–Trinajstić information content (AvgIpc) is 3.17. The van der Waals surface area contributed by atoms with E-state index in [-0.39, 0.29) is 40.5 Å². The van der Waals surface area contributed by atoms with Gasteiger partial charge in [0, 0.05) is 68.0 Å². The minimum Gasteiger partial charge on any atom is -0.370 e. The number of hydrogen-bond acceptors (Lipinski definition) is 8. The Bertz CT molecular complexity index is 1120. The SMILES string of the molecule is CC(C(=O)N1C[C@@]2(C)CN(c3ccc(N4CCS(=O)(=O)CC4)cc3)C[C@@]2(C)C1)S(=O)(=O)CCN. The van der Waals surface area contributed by atoms with Crippen LogP contribution in [0.1, 0.15) is 20.8 Å². The number of amides is 1. The first-order valence-electron chi connectivity index (χ1n) is 11.8. The summed E-state index contributed by atoms with van der Waals surface area (Å²) in [6, 6.07) is 8.25. The lowest BCUT2D eigenvalue weighted by Gasteiger charge is -2.30. The summed E-state index contributed by atoms with van der Waals surface area (Å²) in [6.45, 7) is 9.50. The van der Waals surface area contributed by atoms with Crippen molar-refractivity contribution < 1.29 is 21.6 Å². The Labute approximate surface area is 203 Å². The number of rotatable bonds is 6. The standard InChI is InChI=1S/C23H36N4O5S2/c1-18(34(31,32)11-8-24)21(28)27-16-22(2)14-26(15-23(22,3)17-27)20-6-4-19(5-7-20)25-9-12-33(29,30)13-10-25/h4-7,18H,8-17,24H2,1-3H3/t18?,22-,23+. The smallest absolute Gasteiger partial charge is 0.240 e. The van der Waals surface area contributed by atoms with Gasteiger partial charge in [0.2, 0.25) is 5.91 Å². The predicted octanol–water partition coefficient (Wildman–Crippen LogP) is 0.358. The maximum absolute atomic E-state index is 13.0. The Morgan fingerprint density at radius 3 is 1.91 bits per heavy atom. The van der Waals surface area contributed by atoms with Crippen LogP contribution in [-0.4, -0.2) is 96.0 Å². The first-order chi connectivity index (χ1) is 15.8. The minimum absolute atomic E-state index is 0.0139. The van der Waals surface area contributed by atoms with Crippen molar-refractivity contribution in [1.29, 1.82) is 0 Å². The van der Waals surface area contributed by atoms with Crippen LogP contribution in [0.2, 0.25) is 0 Å². The molecule has 3 aliphatic rings. The van der Waals surface area contributed by atoms with Gasteiger partial charge in [-0.25, -0.2) is 16.8 Å². The lowest BCUT2D eigenvalue weighted by Crippen LogP contribution is -2.44. The van der Waals surface area contributed by atoms with E-state index in [1.54, 1.807) is 4.90 Å². The van der Waals surface area contributed by atoms with E-state index < -0.39 is 24.9 Å². The highest BCUT2D eigenvalue weighted by molar-refractivity contribution is 7.92. The second kappa shape index (κ2) is 8.67. The summed E-state index contributed by atoms with van der Waals surface area (Å²) < 4.78 is 48.2. The summed E-state index contributed by atoms with van der Waals surface area (Å²) in [5.41, 5.74) is 7.24. The third-order valence-corrected chi connectivity index (χ3v) is 11.8. The molecular weight excluding hydrogens is 476 g/mol. The Hall–Kier alpha value is -1.85. The van der Waals surface area contributed by atoms with Crippen LogP contribution in [0.4, 0.5) is 11.4 Å². The molecule has 3 heterocycles. The van der Waals surface area contributed by atoms with E-state index in [1.807, 2.05) is 12.1 Å². The molecule has 0 saturated carbocycles. The average molecular weight is 513 g/mol. The Morgan fingerprint density at radius 1 is 0.971 bits per heavy atom. The van der Waals surface area contributed by atoms with Gasteiger partial charge in [0.15, 0.2) is 19.7 Å². The summed E-state index contributed by atoms with van der Waals surface area (Å²) in [5, 5.41) is -1.07. The maximum Gasteiger partial charge on any atom is 0.240 e. The molecule has 1 aromatic rings. The lowest BCUT2D eigenvalue weighted by atomic mass is 9.71. The molecule has 9 nitrogen and oxygen atoms in total. The minimum atomic E-state index is -3.55. The van der Waals surface area contributed by atoms with Gasteiger partial charge in [-0.2, -0.15) is 0 Å². The van der Waals surface area contributed by atoms with E-state index >= 15 is 0 Å². The summed E-state index contributed by atoms with van der Waals surface area (Å²) in [4.78, 5) is 19.2. The fraction of sp³-hybridized carbons (Fsp3) is 0.696. The number of fused-ring (bicyclic) bond motifs is 1. The first-order valence-corrected chi connectivity index (χ1v) is 15.3. The monoisotopic (exact) mass is 512 g/mol. The number of anilines is 2. The fourth-order valence-electron chi connectivity index (χ4n) is 5.60. The molecule has 3 atom stereocenters. The molecule has 190 valence electrons. The highest BCUT2D eigenvalue weighted by Crippen LogP contribution is 2.52. The van der Waals surface area contributed by atoms with Crippen LogP contribution in [0, 0.1) is 10.8 Å². The van der Waals surface area contributed by atoms with Crippen LogP contribution in [0.25, 0.3) is 0 Å². The van der Waals surface area contributed by atoms with E-state index in [0.717, 1.165) is 24.5 Å². The van der Waals surface area contributed by atoms with Crippen LogP contribution >= 0.6 is 0 Å². The molecule has 3 saturated heterocycles. The van der Waals surface area contributed by atoms with E-state index in [2.05, 4.69) is 35.8 Å². The molecule has 34 heavy (non-hydrogen) atoms. The Morgan fingerprint density at radius 2 is 1.44 bits per heavy atom. The molecule has 0 aromatic heterocycles. The fourth-order valence-corrected chi connectivity index (χ4v) is 7.93. The van der Waals surface area contributed by atoms with Gasteiger partial charge < -0.3 is 20.4 Å². The van der Waals surface area contributed by atoms with Crippen molar-refractivity contribution in [3.05, 3.63) is 24.3 Å². The number of nitrogens with zero attached hydrogens (tertiary/aromatic N) is 3. The summed E-state index contributed by atoms with van der Waals surface area (Å²) in [6.07, 6.45) is 0. The zero-order valence-electron chi connectivity index (χ0n) is 20.2. The van der Waals surface area contributed by atoms with Crippen LogP contribution in [0.15, 0.2) is 24.3 Å². The van der Waals surface area contributed by atoms with Gasteiger partial charge in [-0.15, -0.1) is 0 Å². The van der Waals surface area contributed by atoms with Crippen molar-refractivity contribution in [3.63, 3.8) is 0 Å². The van der Waals surface area contributed by atoms with Crippen molar-refractivity contribution >= 4 is 37.0 Å². The van der Waals surface area contributed by atoms with Crippen molar-refractivity contribution in [3.8, 4) is 0 Å². The number of benzene rings is 1. The number of hydrogen-bond donors (Lipinski definition) is 1. The van der Waals surface area contributed by atoms with E-state index in [4.69, 9.17) is 5.73 Å². The van der Waals surface area contributed by atoms with Gasteiger partial charge in [0.1, 0.15) is 5.25 Å². The third kappa shape index (κ3) is 4.54. The van der Waals surface area contributed by atoms with Gasteiger partial charge in [-0.05, 0) is 31.2 Å². The van der Waals surface area contributed by atoms with Crippen LogP contribution in [-0.2, 0) is 24.5 Å². The molecule has 3 aliphatic heterocycles. The topological polar surface area (TPSA) is 121 Å². The summed E-state index contributed by atoms with van der Waals surface area (Å²) in [5.74, 6) is -0.123. The predicted molar refractivity (Wildman–Crippen MR) is 135 cm³/mol. The number of sulfone groups is 2. The van der Waals surface area contributed by atoms with Gasteiger partial charge in [-0.3, -0.25) is 4.79 Å². The van der Waals surface area contributed by atoms with Gasteiger partial charge >= 0.3 is 0 Å². The largest absolute Gasteiger partial charge is 0.370 e. The molecule has 0 bridgehead atoms. The van der Waals surface area contributed by atoms with Crippen molar-refractivity contribution in [1.82, 2.24) is 4.90 Å². The third-order valence-electron chi connectivity index (χ3n) is 8.14. The summed E-state index contributed by atoms with van der Waals surface area (Å²) >= 11 is 0. The number of likely N-dealkylation sites (tertiary alicyclic amines) is 1. The van der Waals surface area contributed by atoms with Crippen LogP contribution < -0.4 is 15.5 Å². The maximum atomic E-state index is 13.0. The normalized spacial score (nSPS) is 29.8.